The van der Waals surface area contributed by atoms with Crippen molar-refractivity contribution in [2.24, 2.45) is 0 Å². The molecule has 1 saturated heterocycles. The molecular formula is C17H10ClN3O6S. The minimum atomic E-state index is -0.859. The average molecular weight is 420 g/mol. The highest BCUT2D eigenvalue weighted by Gasteiger charge is 2.35. The number of nitrogens with one attached hydrogen (secondary N) is 1. The fraction of sp³-hybridized carbons (Fsp3) is 0. The Labute approximate surface area is 167 Å². The molecule has 3 N–H and O–H groups in total. The number of halogens is 1. The smallest absolute Gasteiger partial charge is 0.280 e. The maximum absolute atomic E-state index is 12.9. The maximum Gasteiger partial charge on any atom is 0.280 e. The van der Waals surface area contributed by atoms with Gasteiger partial charge in [0.2, 0.25) is 0 Å². The van der Waals surface area contributed by atoms with Gasteiger partial charge >= 0.3 is 0 Å². The Kier molecular flexibility index (Phi) is 4.99. The van der Waals surface area contributed by atoms with Crippen molar-refractivity contribution in [1.29, 1.82) is 0 Å². The fourth-order valence-electron chi connectivity index (χ4n) is 2.49. The summed E-state index contributed by atoms with van der Waals surface area (Å²) in [6.45, 7) is 0. The monoisotopic (exact) mass is 419 g/mol. The first-order valence-corrected chi connectivity index (χ1v) is 8.35. The molecule has 0 radical (unpaired) electrons. The van der Waals surface area contributed by atoms with E-state index in [4.69, 9.17) is 23.8 Å². The van der Waals surface area contributed by atoms with Crippen LogP contribution in [0, 0.1) is 10.1 Å². The first kappa shape index (κ1) is 19.3. The van der Waals surface area contributed by atoms with Crippen molar-refractivity contribution in [3.05, 3.63) is 62.7 Å². The highest BCUT2D eigenvalue weighted by Crippen LogP contribution is 2.34. The summed E-state index contributed by atoms with van der Waals surface area (Å²) in [6.07, 6.45) is 0.944. The zero-order valence-electron chi connectivity index (χ0n) is 13.7. The van der Waals surface area contributed by atoms with Gasteiger partial charge in [0.05, 0.1) is 22.2 Å². The number of nitro groups is 1. The largest absolute Gasteiger partial charge is 0.504 e. The van der Waals surface area contributed by atoms with Crippen molar-refractivity contribution in [2.75, 3.05) is 4.90 Å². The lowest BCUT2D eigenvalue weighted by Crippen LogP contribution is -2.54. The molecule has 11 heteroatoms. The molecule has 1 aliphatic heterocycles. The number of hydrogen-bond acceptors (Lipinski definition) is 7. The molecule has 3 rings (SSSR count). The van der Waals surface area contributed by atoms with Crippen LogP contribution in [0.5, 0.6) is 11.5 Å². The lowest BCUT2D eigenvalue weighted by atomic mass is 10.0. The molecule has 2 aromatic carbocycles. The van der Waals surface area contributed by atoms with Gasteiger partial charge in [0.15, 0.2) is 16.6 Å². The Hall–Kier alpha value is -3.50. The number of nitro benzene ring substituents is 1. The molecule has 1 heterocycles. The summed E-state index contributed by atoms with van der Waals surface area (Å²) in [5.41, 5.74) is -0.970. The fourth-order valence-corrected chi connectivity index (χ4v) is 2.90. The number of aromatic hydroxyl groups is 2. The van der Waals surface area contributed by atoms with Crippen LogP contribution in [0.25, 0.3) is 6.08 Å². The lowest BCUT2D eigenvalue weighted by molar-refractivity contribution is -0.385. The Bertz CT molecular complexity index is 1070. The number of hydrogen-bond donors (Lipinski definition) is 3. The molecule has 0 unspecified atom stereocenters. The van der Waals surface area contributed by atoms with Crippen molar-refractivity contribution in [1.82, 2.24) is 5.32 Å². The van der Waals surface area contributed by atoms with Crippen LogP contribution in [0.4, 0.5) is 11.4 Å². The van der Waals surface area contributed by atoms with Crippen LogP contribution < -0.4 is 10.2 Å². The van der Waals surface area contributed by atoms with Gasteiger partial charge < -0.3 is 10.2 Å². The quantitative estimate of drug-likeness (QED) is 0.174. The number of carbonyl (C=O) groups excluding carboxylic acids is 2. The van der Waals surface area contributed by atoms with Gasteiger partial charge in [0.1, 0.15) is 5.57 Å². The summed E-state index contributed by atoms with van der Waals surface area (Å²) in [5.74, 6) is -3.04. The summed E-state index contributed by atoms with van der Waals surface area (Å²) >= 11 is 10.9. The van der Waals surface area contributed by atoms with E-state index in [0.29, 0.717) is 16.8 Å². The highest BCUT2D eigenvalue weighted by molar-refractivity contribution is 7.80. The normalized spacial score (nSPS) is 15.7. The van der Waals surface area contributed by atoms with Crippen molar-refractivity contribution >= 4 is 58.2 Å². The minimum absolute atomic E-state index is 0.169. The third kappa shape index (κ3) is 3.50. The molecule has 2 amide bonds. The van der Waals surface area contributed by atoms with Crippen molar-refractivity contribution in [3.8, 4) is 11.5 Å². The molecule has 0 saturated carbocycles. The predicted octanol–water partition coefficient (Wildman–Crippen LogP) is 2.49. The summed E-state index contributed by atoms with van der Waals surface area (Å²) in [4.78, 5) is 36.6. The number of amides is 2. The molecule has 1 fully saturated rings. The number of phenolic OH excluding ortho intramolecular Hbond substituents is 2. The van der Waals surface area contributed by atoms with Crippen molar-refractivity contribution in [2.45, 2.75) is 0 Å². The van der Waals surface area contributed by atoms with Crippen LogP contribution in [-0.2, 0) is 9.59 Å². The van der Waals surface area contributed by atoms with Crippen molar-refractivity contribution in [3.63, 3.8) is 0 Å². The third-order valence-electron chi connectivity index (χ3n) is 3.81. The number of anilines is 1. The summed E-state index contributed by atoms with van der Waals surface area (Å²) in [7, 11) is 0. The second-order valence-corrected chi connectivity index (χ2v) is 6.41. The molecule has 0 aromatic heterocycles. The van der Waals surface area contributed by atoms with Crippen LogP contribution in [0.2, 0.25) is 5.02 Å². The van der Waals surface area contributed by atoms with Gasteiger partial charge in [-0.3, -0.25) is 29.9 Å². The van der Waals surface area contributed by atoms with E-state index in [1.807, 2.05) is 0 Å². The number of nitrogens with zero attached hydrogens (tertiary/aromatic N) is 2. The van der Waals surface area contributed by atoms with Crippen LogP contribution in [0.3, 0.4) is 0 Å². The third-order valence-corrected chi connectivity index (χ3v) is 4.34. The van der Waals surface area contributed by atoms with Crippen LogP contribution >= 0.6 is 23.8 Å². The first-order chi connectivity index (χ1) is 13.2. The standard InChI is InChI=1S/C17H10ClN3O6S/c18-9-1-3-10(4-2-9)20-16(25)11(15(24)19-17(20)28)5-8-6-13(22)14(23)7-12(8)21(26)27/h1-7,22-23H,(H,19,24,28). The number of thiocarbonyl (C=S) groups is 1. The van der Waals surface area contributed by atoms with E-state index in [9.17, 15) is 29.9 Å². The second-order valence-electron chi connectivity index (χ2n) is 5.59. The minimum Gasteiger partial charge on any atom is -0.504 e. The van der Waals surface area contributed by atoms with E-state index < -0.39 is 39.5 Å². The summed E-state index contributed by atoms with van der Waals surface area (Å²) < 4.78 is 0. The molecule has 0 spiro atoms. The maximum atomic E-state index is 12.9. The zero-order valence-corrected chi connectivity index (χ0v) is 15.3. The van der Waals surface area contributed by atoms with Gasteiger partial charge in [-0.1, -0.05) is 11.6 Å². The molecule has 0 aliphatic carbocycles. The molecule has 142 valence electrons. The van der Waals surface area contributed by atoms with E-state index in [1.165, 1.54) is 24.3 Å². The molecule has 28 heavy (non-hydrogen) atoms. The van der Waals surface area contributed by atoms with Crippen LogP contribution in [-0.4, -0.2) is 32.1 Å². The molecule has 1 aliphatic rings. The van der Waals surface area contributed by atoms with E-state index in [-0.39, 0.29) is 10.7 Å². The molecular weight excluding hydrogens is 410 g/mol. The van der Waals surface area contributed by atoms with Gasteiger partial charge in [-0.05, 0) is 48.6 Å². The van der Waals surface area contributed by atoms with Gasteiger partial charge in [0.25, 0.3) is 17.5 Å². The summed E-state index contributed by atoms with van der Waals surface area (Å²) in [6, 6.07) is 7.66. The Morgan fingerprint density at radius 1 is 1.14 bits per heavy atom. The predicted molar refractivity (Wildman–Crippen MR) is 104 cm³/mol. The van der Waals surface area contributed by atoms with Gasteiger partial charge in [-0.25, -0.2) is 0 Å². The van der Waals surface area contributed by atoms with E-state index in [2.05, 4.69) is 5.32 Å². The van der Waals surface area contributed by atoms with Crippen LogP contribution in [0.15, 0.2) is 42.0 Å². The molecule has 2 aromatic rings. The summed E-state index contributed by atoms with van der Waals surface area (Å²) in [5, 5.41) is 32.9. The second kappa shape index (κ2) is 7.25. The number of phenols is 2. The Balaban J connectivity index is 2.11. The van der Waals surface area contributed by atoms with Gasteiger partial charge in [-0.15, -0.1) is 0 Å². The SMILES string of the molecule is O=C1NC(=S)N(c2ccc(Cl)cc2)C(=O)C1=Cc1cc(O)c(O)cc1[N+](=O)[O-]. The van der Waals surface area contributed by atoms with Crippen molar-refractivity contribution < 1.29 is 24.7 Å². The van der Waals surface area contributed by atoms with Crippen LogP contribution in [0.1, 0.15) is 5.56 Å². The topological polar surface area (TPSA) is 133 Å². The number of rotatable bonds is 3. The lowest BCUT2D eigenvalue weighted by Gasteiger charge is -2.28. The van der Waals surface area contributed by atoms with E-state index >= 15 is 0 Å². The van der Waals surface area contributed by atoms with E-state index in [0.717, 1.165) is 17.0 Å². The Morgan fingerprint density at radius 3 is 2.36 bits per heavy atom. The van der Waals surface area contributed by atoms with E-state index in [1.54, 1.807) is 0 Å². The van der Waals surface area contributed by atoms with Gasteiger partial charge in [-0.2, -0.15) is 0 Å². The molecule has 0 bridgehead atoms. The Morgan fingerprint density at radius 2 is 1.75 bits per heavy atom. The molecule has 0 atom stereocenters. The first-order valence-electron chi connectivity index (χ1n) is 7.56. The van der Waals surface area contributed by atoms with Gasteiger partial charge in [0, 0.05) is 5.02 Å². The highest BCUT2D eigenvalue weighted by atomic mass is 35.5. The average Bonchev–Trinajstić information content (AvgIpc) is 2.62. The molecule has 9 nitrogen and oxygen atoms in total. The zero-order chi connectivity index (χ0) is 20.6. The number of benzene rings is 2. The number of carbonyl (C=O) groups is 2.